The molecule has 0 aliphatic heterocycles. The van der Waals surface area contributed by atoms with Crippen LogP contribution in [-0.4, -0.2) is 24.6 Å². The molecule has 0 unspecified atom stereocenters. The highest BCUT2D eigenvalue weighted by atomic mass is 32.2. The minimum Gasteiger partial charge on any atom is -0.313 e. The monoisotopic (exact) mass is 221 g/mol. The van der Waals surface area contributed by atoms with Gasteiger partial charge in [0.15, 0.2) is 5.78 Å². The number of likely N-dealkylation sites (N-methyl/N-ethyl adjacent to an activating group) is 1. The summed E-state index contributed by atoms with van der Waals surface area (Å²) in [5, 5.41) is 3.69. The summed E-state index contributed by atoms with van der Waals surface area (Å²) >= 11 is 1.92. The van der Waals surface area contributed by atoms with Crippen LogP contribution in [0.5, 0.6) is 0 Å². The highest BCUT2D eigenvalue weighted by Crippen LogP contribution is 2.38. The van der Waals surface area contributed by atoms with Crippen molar-refractivity contribution in [1.82, 2.24) is 5.32 Å². The van der Waals surface area contributed by atoms with Crippen LogP contribution in [0.1, 0.15) is 23.2 Å². The van der Waals surface area contributed by atoms with E-state index in [2.05, 4.69) is 5.32 Å². The van der Waals surface area contributed by atoms with Crippen molar-refractivity contribution in [2.24, 2.45) is 0 Å². The SMILES string of the molecule is CNCC(=O)c1ccc(SC2CC2)cc1. The Morgan fingerprint density at radius 2 is 2.07 bits per heavy atom. The second-order valence-corrected chi connectivity index (χ2v) is 5.17. The number of rotatable bonds is 5. The Morgan fingerprint density at radius 3 is 2.60 bits per heavy atom. The van der Waals surface area contributed by atoms with Gasteiger partial charge in [0.1, 0.15) is 0 Å². The van der Waals surface area contributed by atoms with Crippen LogP contribution in [0, 0.1) is 0 Å². The van der Waals surface area contributed by atoms with Gasteiger partial charge in [0, 0.05) is 15.7 Å². The Hall–Kier alpha value is -0.800. The summed E-state index contributed by atoms with van der Waals surface area (Å²) in [6.07, 6.45) is 2.68. The minimum atomic E-state index is 0.153. The maximum atomic E-state index is 11.5. The van der Waals surface area contributed by atoms with Gasteiger partial charge in [-0.15, -0.1) is 11.8 Å². The van der Waals surface area contributed by atoms with Crippen molar-refractivity contribution in [2.75, 3.05) is 13.6 Å². The van der Waals surface area contributed by atoms with Crippen molar-refractivity contribution in [3.8, 4) is 0 Å². The van der Waals surface area contributed by atoms with Crippen LogP contribution in [0.2, 0.25) is 0 Å². The third-order valence-corrected chi connectivity index (χ3v) is 3.69. The number of nitrogens with one attached hydrogen (secondary N) is 1. The summed E-state index contributed by atoms with van der Waals surface area (Å²) in [4.78, 5) is 12.8. The predicted molar refractivity (Wildman–Crippen MR) is 63.6 cm³/mol. The summed E-state index contributed by atoms with van der Waals surface area (Å²) in [5.74, 6) is 0.153. The second-order valence-electron chi connectivity index (χ2n) is 3.80. The van der Waals surface area contributed by atoms with Gasteiger partial charge in [-0.2, -0.15) is 0 Å². The van der Waals surface area contributed by atoms with Crippen LogP contribution in [-0.2, 0) is 0 Å². The highest BCUT2D eigenvalue weighted by molar-refractivity contribution is 8.00. The lowest BCUT2D eigenvalue weighted by Gasteiger charge is -2.02. The fourth-order valence-electron chi connectivity index (χ4n) is 1.36. The molecule has 1 aliphatic carbocycles. The molecule has 1 saturated carbocycles. The molecule has 15 heavy (non-hydrogen) atoms. The molecule has 0 bridgehead atoms. The average molecular weight is 221 g/mol. The van der Waals surface area contributed by atoms with E-state index < -0.39 is 0 Å². The Kier molecular flexibility index (Phi) is 3.44. The number of carbonyl (C=O) groups excluding carboxylic acids is 1. The van der Waals surface area contributed by atoms with Crippen molar-refractivity contribution >= 4 is 17.5 Å². The summed E-state index contributed by atoms with van der Waals surface area (Å²) in [6.45, 7) is 0.412. The number of benzene rings is 1. The first-order chi connectivity index (χ1) is 7.29. The normalized spacial score (nSPS) is 15.3. The van der Waals surface area contributed by atoms with Gasteiger partial charge in [-0.05, 0) is 32.0 Å². The van der Waals surface area contributed by atoms with Crippen LogP contribution in [0.3, 0.4) is 0 Å². The van der Waals surface area contributed by atoms with E-state index in [1.807, 2.05) is 36.0 Å². The molecule has 1 aromatic carbocycles. The molecule has 1 aliphatic rings. The predicted octanol–water partition coefficient (Wildman–Crippen LogP) is 2.34. The first kappa shape index (κ1) is 10.7. The summed E-state index contributed by atoms with van der Waals surface area (Å²) in [5.41, 5.74) is 0.796. The zero-order valence-corrected chi connectivity index (χ0v) is 9.64. The van der Waals surface area contributed by atoms with Gasteiger partial charge < -0.3 is 5.32 Å². The quantitative estimate of drug-likeness (QED) is 0.774. The third kappa shape index (κ3) is 3.08. The van der Waals surface area contributed by atoms with Crippen molar-refractivity contribution in [1.29, 1.82) is 0 Å². The molecule has 0 atom stereocenters. The van der Waals surface area contributed by atoms with E-state index in [0.717, 1.165) is 10.8 Å². The van der Waals surface area contributed by atoms with E-state index in [0.29, 0.717) is 6.54 Å². The molecule has 2 nitrogen and oxygen atoms in total. The zero-order chi connectivity index (χ0) is 10.7. The van der Waals surface area contributed by atoms with E-state index in [1.165, 1.54) is 17.7 Å². The van der Waals surface area contributed by atoms with Crippen LogP contribution in [0.25, 0.3) is 0 Å². The number of hydrogen-bond donors (Lipinski definition) is 1. The van der Waals surface area contributed by atoms with E-state index in [4.69, 9.17) is 0 Å². The molecule has 3 heteroatoms. The molecule has 80 valence electrons. The molecule has 0 radical (unpaired) electrons. The van der Waals surface area contributed by atoms with Crippen molar-refractivity contribution in [2.45, 2.75) is 23.0 Å². The second kappa shape index (κ2) is 4.81. The molecule has 0 saturated heterocycles. The summed E-state index contributed by atoms with van der Waals surface area (Å²) in [7, 11) is 1.79. The lowest BCUT2D eigenvalue weighted by molar-refractivity contribution is 0.0993. The zero-order valence-electron chi connectivity index (χ0n) is 8.82. The Morgan fingerprint density at radius 1 is 1.40 bits per heavy atom. The molecule has 0 amide bonds. The largest absolute Gasteiger partial charge is 0.313 e. The fourth-order valence-corrected chi connectivity index (χ4v) is 2.41. The molecule has 1 N–H and O–H groups in total. The maximum Gasteiger partial charge on any atom is 0.176 e. The van der Waals surface area contributed by atoms with Crippen molar-refractivity contribution in [3.05, 3.63) is 29.8 Å². The first-order valence-corrected chi connectivity index (χ1v) is 6.12. The number of carbonyl (C=O) groups is 1. The van der Waals surface area contributed by atoms with E-state index in [-0.39, 0.29) is 5.78 Å². The van der Waals surface area contributed by atoms with Gasteiger partial charge in [-0.3, -0.25) is 4.79 Å². The smallest absolute Gasteiger partial charge is 0.176 e. The molecule has 0 spiro atoms. The van der Waals surface area contributed by atoms with Gasteiger partial charge in [-0.25, -0.2) is 0 Å². The summed E-state index contributed by atoms with van der Waals surface area (Å²) < 4.78 is 0. The maximum absolute atomic E-state index is 11.5. The Balaban J connectivity index is 1.99. The number of hydrogen-bond acceptors (Lipinski definition) is 3. The number of thioether (sulfide) groups is 1. The fraction of sp³-hybridized carbons (Fsp3) is 0.417. The van der Waals surface area contributed by atoms with Gasteiger partial charge in [0.2, 0.25) is 0 Å². The Labute approximate surface area is 94.4 Å². The van der Waals surface area contributed by atoms with E-state index >= 15 is 0 Å². The van der Waals surface area contributed by atoms with Crippen LogP contribution in [0.4, 0.5) is 0 Å². The topological polar surface area (TPSA) is 29.1 Å². The van der Waals surface area contributed by atoms with Crippen molar-refractivity contribution < 1.29 is 4.79 Å². The summed E-state index contributed by atoms with van der Waals surface area (Å²) in [6, 6.07) is 7.94. The lowest BCUT2D eigenvalue weighted by atomic mass is 10.1. The molecular formula is C12H15NOS. The van der Waals surface area contributed by atoms with Crippen molar-refractivity contribution in [3.63, 3.8) is 0 Å². The highest BCUT2D eigenvalue weighted by Gasteiger charge is 2.22. The van der Waals surface area contributed by atoms with Crippen LogP contribution in [0.15, 0.2) is 29.2 Å². The van der Waals surface area contributed by atoms with E-state index in [1.54, 1.807) is 7.05 Å². The average Bonchev–Trinajstić information content (AvgIpc) is 3.03. The van der Waals surface area contributed by atoms with Crippen LogP contribution >= 0.6 is 11.8 Å². The first-order valence-electron chi connectivity index (χ1n) is 5.24. The van der Waals surface area contributed by atoms with Crippen LogP contribution < -0.4 is 5.32 Å². The number of Topliss-reactive ketones (excluding diaryl/α,β-unsaturated/α-hetero) is 1. The van der Waals surface area contributed by atoms with Gasteiger partial charge >= 0.3 is 0 Å². The lowest BCUT2D eigenvalue weighted by Crippen LogP contribution is -2.18. The van der Waals surface area contributed by atoms with Gasteiger partial charge in [0.05, 0.1) is 6.54 Å². The molecule has 1 fully saturated rings. The number of ketones is 1. The van der Waals surface area contributed by atoms with Gasteiger partial charge in [0.25, 0.3) is 0 Å². The molecule has 0 heterocycles. The molecule has 1 aromatic rings. The van der Waals surface area contributed by atoms with E-state index in [9.17, 15) is 4.79 Å². The van der Waals surface area contributed by atoms with Gasteiger partial charge in [-0.1, -0.05) is 12.1 Å². The molecule has 0 aromatic heterocycles. The third-order valence-electron chi connectivity index (χ3n) is 2.34. The Bertz CT molecular complexity index is 343. The standard InChI is InChI=1S/C12H15NOS/c1-13-8-12(14)9-2-4-10(5-3-9)15-11-6-7-11/h2-5,11,13H,6-8H2,1H3. The molecular weight excluding hydrogens is 206 g/mol. The molecule has 2 rings (SSSR count). The minimum absolute atomic E-state index is 0.153.